The fraction of sp³-hybridized carbons (Fsp3) is 1.00. The van der Waals surface area contributed by atoms with E-state index < -0.39 is 0 Å². The molecule has 0 amide bonds. The first-order chi connectivity index (χ1) is 8.13. The lowest BCUT2D eigenvalue weighted by molar-refractivity contribution is -0.0855. The van der Waals surface area contributed by atoms with Crippen molar-refractivity contribution < 1.29 is 14.6 Å². The van der Waals surface area contributed by atoms with Crippen LogP contribution in [0.3, 0.4) is 0 Å². The van der Waals surface area contributed by atoms with Crippen LogP contribution in [0, 0.1) is 11.8 Å². The first-order valence-corrected chi connectivity index (χ1v) is 7.00. The zero-order chi connectivity index (χ0) is 12.7. The summed E-state index contributed by atoms with van der Waals surface area (Å²) in [5.41, 5.74) is 0. The van der Waals surface area contributed by atoms with Crippen molar-refractivity contribution in [3.8, 4) is 0 Å². The van der Waals surface area contributed by atoms with Gasteiger partial charge in [-0.05, 0) is 31.1 Å². The predicted molar refractivity (Wildman–Crippen MR) is 69.0 cm³/mol. The highest BCUT2D eigenvalue weighted by molar-refractivity contribution is 4.79. The molecule has 1 N–H and O–H groups in total. The van der Waals surface area contributed by atoms with Crippen LogP contribution in [-0.4, -0.2) is 37.1 Å². The summed E-state index contributed by atoms with van der Waals surface area (Å²) in [6, 6.07) is 0. The summed E-state index contributed by atoms with van der Waals surface area (Å²) in [7, 11) is 0. The van der Waals surface area contributed by atoms with Crippen LogP contribution in [0.4, 0.5) is 0 Å². The fourth-order valence-corrected chi connectivity index (χ4v) is 2.32. The van der Waals surface area contributed by atoms with E-state index in [-0.39, 0.29) is 12.2 Å². The normalized spacial score (nSPS) is 29.8. The highest BCUT2D eigenvalue weighted by Gasteiger charge is 2.28. The average Bonchev–Trinajstić information content (AvgIpc) is 2.30. The molecule has 0 aromatic heterocycles. The molecule has 0 heterocycles. The molecule has 3 heteroatoms. The van der Waals surface area contributed by atoms with E-state index in [2.05, 4.69) is 20.8 Å². The minimum atomic E-state index is -0.275. The molecule has 0 saturated heterocycles. The minimum absolute atomic E-state index is 0.0244. The second kappa shape index (κ2) is 8.06. The van der Waals surface area contributed by atoms with Crippen LogP contribution in [0.1, 0.15) is 46.5 Å². The van der Waals surface area contributed by atoms with Crippen molar-refractivity contribution in [1.29, 1.82) is 0 Å². The lowest BCUT2D eigenvalue weighted by Gasteiger charge is -2.32. The molecule has 1 saturated carbocycles. The molecule has 0 aromatic carbocycles. The van der Waals surface area contributed by atoms with Gasteiger partial charge in [-0.3, -0.25) is 0 Å². The number of aliphatic hydroxyl groups excluding tert-OH is 1. The number of hydrogen-bond acceptors (Lipinski definition) is 3. The quantitative estimate of drug-likeness (QED) is 0.700. The van der Waals surface area contributed by atoms with Gasteiger partial charge in [0.15, 0.2) is 0 Å². The van der Waals surface area contributed by atoms with E-state index in [1.807, 2.05) is 0 Å². The standard InChI is InChI=1S/C14H28O3/c1-4-12-5-6-13(15)14(9-12)17-8-7-16-10-11(2)3/h11-15H,4-10H2,1-3H3. The SMILES string of the molecule is CCC1CCC(O)C(OCCOCC(C)C)C1. The third-order valence-corrected chi connectivity index (χ3v) is 3.45. The Kier molecular flexibility index (Phi) is 7.09. The molecule has 102 valence electrons. The van der Waals surface area contributed by atoms with Gasteiger partial charge in [-0.25, -0.2) is 0 Å². The maximum Gasteiger partial charge on any atom is 0.0837 e. The van der Waals surface area contributed by atoms with Crippen molar-refractivity contribution in [3.63, 3.8) is 0 Å². The molecule has 1 fully saturated rings. The summed E-state index contributed by atoms with van der Waals surface area (Å²) in [5.74, 6) is 1.29. The summed E-state index contributed by atoms with van der Waals surface area (Å²) in [6.45, 7) is 8.51. The number of aliphatic hydroxyl groups is 1. The lowest BCUT2D eigenvalue weighted by atomic mass is 9.84. The van der Waals surface area contributed by atoms with Crippen LogP contribution in [0.15, 0.2) is 0 Å². The van der Waals surface area contributed by atoms with E-state index in [0.29, 0.717) is 19.1 Å². The molecule has 3 nitrogen and oxygen atoms in total. The molecule has 0 aromatic rings. The van der Waals surface area contributed by atoms with Crippen molar-refractivity contribution in [2.45, 2.75) is 58.7 Å². The minimum Gasteiger partial charge on any atom is -0.390 e. The van der Waals surface area contributed by atoms with Gasteiger partial charge in [-0.1, -0.05) is 27.2 Å². The van der Waals surface area contributed by atoms with Crippen LogP contribution in [0.5, 0.6) is 0 Å². The molecule has 3 unspecified atom stereocenters. The van der Waals surface area contributed by atoms with Gasteiger partial charge in [-0.15, -0.1) is 0 Å². The van der Waals surface area contributed by atoms with Crippen molar-refractivity contribution in [3.05, 3.63) is 0 Å². The number of hydrogen-bond donors (Lipinski definition) is 1. The van der Waals surface area contributed by atoms with Crippen LogP contribution in [0.25, 0.3) is 0 Å². The smallest absolute Gasteiger partial charge is 0.0837 e. The van der Waals surface area contributed by atoms with E-state index in [1.54, 1.807) is 0 Å². The Morgan fingerprint density at radius 3 is 2.65 bits per heavy atom. The van der Waals surface area contributed by atoms with Crippen molar-refractivity contribution in [2.75, 3.05) is 19.8 Å². The van der Waals surface area contributed by atoms with Gasteiger partial charge < -0.3 is 14.6 Å². The van der Waals surface area contributed by atoms with E-state index in [9.17, 15) is 5.11 Å². The van der Waals surface area contributed by atoms with Gasteiger partial charge in [0.1, 0.15) is 0 Å². The van der Waals surface area contributed by atoms with Crippen molar-refractivity contribution in [1.82, 2.24) is 0 Å². The Hall–Kier alpha value is -0.120. The molecular formula is C14H28O3. The summed E-state index contributed by atoms with van der Waals surface area (Å²) in [4.78, 5) is 0. The second-order valence-corrected chi connectivity index (χ2v) is 5.53. The van der Waals surface area contributed by atoms with E-state index in [1.165, 1.54) is 6.42 Å². The molecule has 0 aliphatic heterocycles. The lowest BCUT2D eigenvalue weighted by Crippen LogP contribution is -2.36. The zero-order valence-corrected chi connectivity index (χ0v) is 11.5. The Labute approximate surface area is 105 Å². The van der Waals surface area contributed by atoms with Gasteiger partial charge in [0.05, 0.1) is 25.4 Å². The highest BCUT2D eigenvalue weighted by Crippen LogP contribution is 2.28. The second-order valence-electron chi connectivity index (χ2n) is 5.53. The first-order valence-electron chi connectivity index (χ1n) is 7.00. The Bertz CT molecular complexity index is 194. The molecular weight excluding hydrogens is 216 g/mol. The van der Waals surface area contributed by atoms with Gasteiger partial charge in [0.25, 0.3) is 0 Å². The monoisotopic (exact) mass is 244 g/mol. The summed E-state index contributed by atoms with van der Waals surface area (Å²) in [5, 5.41) is 9.86. The third kappa shape index (κ3) is 5.84. The summed E-state index contributed by atoms with van der Waals surface area (Å²) >= 11 is 0. The van der Waals surface area contributed by atoms with E-state index in [4.69, 9.17) is 9.47 Å². The Morgan fingerprint density at radius 1 is 1.24 bits per heavy atom. The zero-order valence-electron chi connectivity index (χ0n) is 11.5. The van der Waals surface area contributed by atoms with Gasteiger partial charge in [0.2, 0.25) is 0 Å². The van der Waals surface area contributed by atoms with Crippen LogP contribution in [-0.2, 0) is 9.47 Å². The van der Waals surface area contributed by atoms with Crippen LogP contribution < -0.4 is 0 Å². The summed E-state index contributed by atoms with van der Waals surface area (Å²) in [6.07, 6.45) is 3.97. The van der Waals surface area contributed by atoms with Crippen molar-refractivity contribution >= 4 is 0 Å². The fourth-order valence-electron chi connectivity index (χ4n) is 2.32. The Balaban J connectivity index is 2.12. The van der Waals surface area contributed by atoms with Gasteiger partial charge >= 0.3 is 0 Å². The topological polar surface area (TPSA) is 38.7 Å². The first kappa shape index (κ1) is 14.9. The van der Waals surface area contributed by atoms with Crippen molar-refractivity contribution in [2.24, 2.45) is 11.8 Å². The predicted octanol–water partition coefficient (Wildman–Crippen LogP) is 2.62. The number of ether oxygens (including phenoxy) is 2. The molecule has 3 atom stereocenters. The highest BCUT2D eigenvalue weighted by atomic mass is 16.5. The maximum absolute atomic E-state index is 9.86. The molecule has 17 heavy (non-hydrogen) atoms. The molecule has 0 radical (unpaired) electrons. The van der Waals surface area contributed by atoms with Crippen LogP contribution >= 0.6 is 0 Å². The molecule has 1 aliphatic carbocycles. The Morgan fingerprint density at radius 2 is 2.00 bits per heavy atom. The molecule has 0 bridgehead atoms. The molecule has 0 spiro atoms. The summed E-state index contributed by atoms with van der Waals surface area (Å²) < 4.78 is 11.2. The van der Waals surface area contributed by atoms with E-state index >= 15 is 0 Å². The van der Waals surface area contributed by atoms with Gasteiger partial charge in [-0.2, -0.15) is 0 Å². The molecule has 1 aliphatic rings. The average molecular weight is 244 g/mol. The maximum atomic E-state index is 9.86. The largest absolute Gasteiger partial charge is 0.390 e. The number of rotatable bonds is 7. The van der Waals surface area contributed by atoms with Gasteiger partial charge in [0, 0.05) is 6.61 Å². The van der Waals surface area contributed by atoms with E-state index in [0.717, 1.165) is 31.8 Å². The van der Waals surface area contributed by atoms with Crippen LogP contribution in [0.2, 0.25) is 0 Å². The molecule has 1 rings (SSSR count). The third-order valence-electron chi connectivity index (χ3n) is 3.45.